The van der Waals surface area contributed by atoms with Crippen LogP contribution in [0.5, 0.6) is 0 Å². The molecule has 1 fully saturated rings. The Morgan fingerprint density at radius 1 is 1.64 bits per heavy atom. The van der Waals surface area contributed by atoms with Crippen molar-refractivity contribution in [2.45, 2.75) is 18.8 Å². The Balaban J connectivity index is 2.47. The van der Waals surface area contributed by atoms with E-state index >= 15 is 0 Å². The van der Waals surface area contributed by atoms with Gasteiger partial charge in [-0.1, -0.05) is 0 Å². The predicted octanol–water partition coefficient (Wildman–Crippen LogP) is 2.51. The summed E-state index contributed by atoms with van der Waals surface area (Å²) in [7, 11) is 1.39. The lowest BCUT2D eigenvalue weighted by molar-refractivity contribution is 0.0597. The molecule has 3 nitrogen and oxygen atoms in total. The van der Waals surface area contributed by atoms with Gasteiger partial charge in [-0.15, -0.1) is 0 Å². The van der Waals surface area contributed by atoms with Crippen LogP contribution < -0.4 is 0 Å². The third-order valence-electron chi connectivity index (χ3n) is 2.34. The summed E-state index contributed by atoms with van der Waals surface area (Å²) >= 11 is 3.27. The van der Waals surface area contributed by atoms with Crippen molar-refractivity contribution >= 4 is 21.9 Å². The molecule has 1 aliphatic rings. The molecule has 74 valence electrons. The van der Waals surface area contributed by atoms with Crippen LogP contribution in [0.15, 0.2) is 16.9 Å². The highest BCUT2D eigenvalue weighted by molar-refractivity contribution is 9.10. The molecule has 0 atom stereocenters. The second-order valence-corrected chi connectivity index (χ2v) is 4.08. The molecule has 1 aliphatic carbocycles. The van der Waals surface area contributed by atoms with Gasteiger partial charge >= 0.3 is 5.97 Å². The van der Waals surface area contributed by atoms with Gasteiger partial charge in [0.05, 0.1) is 12.7 Å². The molecule has 0 spiro atoms. The van der Waals surface area contributed by atoms with Gasteiger partial charge in [-0.3, -0.25) is 0 Å². The lowest BCUT2D eigenvalue weighted by Crippen LogP contribution is -2.07. The topological polar surface area (TPSA) is 39.2 Å². The fourth-order valence-corrected chi connectivity index (χ4v) is 2.00. The number of carbonyl (C=O) groups excluding carboxylic acids is 1. The van der Waals surface area contributed by atoms with E-state index in [1.165, 1.54) is 7.11 Å². The number of ether oxygens (including phenoxy) is 1. The summed E-state index contributed by atoms with van der Waals surface area (Å²) in [5.74, 6) is 0.204. The van der Waals surface area contributed by atoms with Gasteiger partial charge in [-0.05, 0) is 46.3 Å². The Kier molecular flexibility index (Phi) is 2.54. The Morgan fingerprint density at radius 3 is 2.93 bits per heavy atom. The molecule has 0 saturated heterocycles. The second-order valence-electron chi connectivity index (χ2n) is 3.33. The molecule has 1 saturated carbocycles. The summed E-state index contributed by atoms with van der Waals surface area (Å²) < 4.78 is 5.30. The summed E-state index contributed by atoms with van der Waals surface area (Å²) in [5, 5.41) is 0. The minimum absolute atomic E-state index is 0.313. The number of hydrogen-bond donors (Lipinski definition) is 0. The van der Waals surface area contributed by atoms with Crippen molar-refractivity contribution in [3.63, 3.8) is 0 Å². The van der Waals surface area contributed by atoms with Crippen molar-refractivity contribution in [2.75, 3.05) is 7.11 Å². The Labute approximate surface area is 90.6 Å². The van der Waals surface area contributed by atoms with E-state index < -0.39 is 0 Å². The third kappa shape index (κ3) is 1.66. The molecule has 0 N–H and O–H groups in total. The molecule has 14 heavy (non-hydrogen) atoms. The van der Waals surface area contributed by atoms with Crippen molar-refractivity contribution in [1.82, 2.24) is 4.98 Å². The zero-order valence-electron chi connectivity index (χ0n) is 7.79. The number of methoxy groups -OCH3 is 1. The molecular weight excluding hydrogens is 246 g/mol. The predicted molar refractivity (Wildman–Crippen MR) is 55.3 cm³/mol. The molecule has 1 aromatic heterocycles. The highest BCUT2D eigenvalue weighted by Gasteiger charge is 2.29. The fourth-order valence-electron chi connectivity index (χ4n) is 1.49. The average Bonchev–Trinajstić information content (AvgIpc) is 2.99. The number of hydrogen-bond acceptors (Lipinski definition) is 3. The van der Waals surface area contributed by atoms with Gasteiger partial charge in [0.15, 0.2) is 0 Å². The van der Waals surface area contributed by atoms with E-state index in [1.54, 1.807) is 6.20 Å². The van der Waals surface area contributed by atoms with Crippen LogP contribution >= 0.6 is 15.9 Å². The highest BCUT2D eigenvalue weighted by Crippen LogP contribution is 2.42. The van der Waals surface area contributed by atoms with Crippen LogP contribution in [-0.2, 0) is 4.74 Å². The lowest BCUT2D eigenvalue weighted by atomic mass is 10.1. The van der Waals surface area contributed by atoms with Gasteiger partial charge in [0.25, 0.3) is 0 Å². The second kappa shape index (κ2) is 3.69. The SMILES string of the molecule is COC(=O)c1c(C2CC2)ccnc1Br. The van der Waals surface area contributed by atoms with E-state index in [0.717, 1.165) is 18.4 Å². The van der Waals surface area contributed by atoms with E-state index in [-0.39, 0.29) is 5.97 Å². The highest BCUT2D eigenvalue weighted by atomic mass is 79.9. The summed E-state index contributed by atoms with van der Waals surface area (Å²) in [6, 6.07) is 1.90. The number of aromatic nitrogens is 1. The first-order valence-electron chi connectivity index (χ1n) is 4.46. The number of nitrogens with zero attached hydrogens (tertiary/aromatic N) is 1. The van der Waals surface area contributed by atoms with Gasteiger partial charge in [0, 0.05) is 6.20 Å². The molecule has 0 unspecified atom stereocenters. The maximum Gasteiger partial charge on any atom is 0.340 e. The molecule has 2 rings (SSSR count). The number of rotatable bonds is 2. The van der Waals surface area contributed by atoms with Crippen LogP contribution in [0.3, 0.4) is 0 Å². The van der Waals surface area contributed by atoms with Gasteiger partial charge in [0.1, 0.15) is 4.60 Å². The Morgan fingerprint density at radius 2 is 2.36 bits per heavy atom. The molecule has 0 radical (unpaired) electrons. The molecule has 0 aromatic carbocycles. The first-order chi connectivity index (χ1) is 6.74. The van der Waals surface area contributed by atoms with E-state index in [9.17, 15) is 4.79 Å². The average molecular weight is 256 g/mol. The smallest absolute Gasteiger partial charge is 0.340 e. The maximum atomic E-state index is 11.5. The van der Waals surface area contributed by atoms with Crippen LogP contribution in [0.25, 0.3) is 0 Å². The minimum Gasteiger partial charge on any atom is -0.465 e. The standard InChI is InChI=1S/C10H10BrNO2/c1-14-10(13)8-7(6-2-3-6)4-5-12-9(8)11/h4-6H,2-3H2,1H3. The Hall–Kier alpha value is -0.900. The van der Waals surface area contributed by atoms with Crippen molar-refractivity contribution in [2.24, 2.45) is 0 Å². The molecule has 1 aromatic rings. The van der Waals surface area contributed by atoms with Gasteiger partial charge in [-0.2, -0.15) is 0 Å². The third-order valence-corrected chi connectivity index (χ3v) is 2.94. The number of carbonyl (C=O) groups is 1. The van der Waals surface area contributed by atoms with E-state index in [2.05, 4.69) is 20.9 Å². The Bertz CT molecular complexity index is 374. The van der Waals surface area contributed by atoms with Crippen molar-refractivity contribution in [3.05, 3.63) is 28.0 Å². The van der Waals surface area contributed by atoms with Crippen LogP contribution in [-0.4, -0.2) is 18.1 Å². The van der Waals surface area contributed by atoms with Crippen molar-refractivity contribution < 1.29 is 9.53 Å². The lowest BCUT2D eigenvalue weighted by Gasteiger charge is -2.07. The quantitative estimate of drug-likeness (QED) is 0.602. The number of halogens is 1. The van der Waals surface area contributed by atoms with E-state index in [1.807, 2.05) is 6.07 Å². The van der Waals surface area contributed by atoms with Gasteiger partial charge < -0.3 is 4.74 Å². The normalized spacial score (nSPS) is 15.3. The molecule has 0 bridgehead atoms. The molecule has 4 heteroatoms. The van der Waals surface area contributed by atoms with Crippen LogP contribution in [0.1, 0.15) is 34.7 Å². The summed E-state index contributed by atoms with van der Waals surface area (Å²) in [4.78, 5) is 15.5. The van der Waals surface area contributed by atoms with Crippen LogP contribution in [0.4, 0.5) is 0 Å². The first kappa shape index (κ1) is 9.65. The first-order valence-corrected chi connectivity index (χ1v) is 5.26. The zero-order valence-corrected chi connectivity index (χ0v) is 9.37. The van der Waals surface area contributed by atoms with Crippen LogP contribution in [0, 0.1) is 0 Å². The molecular formula is C10H10BrNO2. The largest absolute Gasteiger partial charge is 0.465 e. The monoisotopic (exact) mass is 255 g/mol. The molecule has 0 aliphatic heterocycles. The van der Waals surface area contributed by atoms with E-state index in [0.29, 0.717) is 16.1 Å². The molecule has 0 amide bonds. The summed E-state index contributed by atoms with van der Waals surface area (Å²) in [6.45, 7) is 0. The van der Waals surface area contributed by atoms with E-state index in [4.69, 9.17) is 4.74 Å². The minimum atomic E-state index is -0.313. The fraction of sp³-hybridized carbons (Fsp3) is 0.400. The van der Waals surface area contributed by atoms with Gasteiger partial charge in [0.2, 0.25) is 0 Å². The number of esters is 1. The van der Waals surface area contributed by atoms with Crippen molar-refractivity contribution in [3.8, 4) is 0 Å². The van der Waals surface area contributed by atoms with Gasteiger partial charge in [-0.25, -0.2) is 9.78 Å². The summed E-state index contributed by atoms with van der Waals surface area (Å²) in [6.07, 6.45) is 4.02. The maximum absolute atomic E-state index is 11.5. The van der Waals surface area contributed by atoms with Crippen LogP contribution in [0.2, 0.25) is 0 Å². The summed E-state index contributed by atoms with van der Waals surface area (Å²) in [5.41, 5.74) is 1.64. The van der Waals surface area contributed by atoms with Crippen molar-refractivity contribution in [1.29, 1.82) is 0 Å². The zero-order chi connectivity index (χ0) is 10.1. The molecule has 1 heterocycles. The number of pyridine rings is 1.